The molecule has 1 aromatic rings. The summed E-state index contributed by atoms with van der Waals surface area (Å²) in [4.78, 5) is 4.08. The first-order chi connectivity index (χ1) is 6.51. The molecule has 0 bridgehead atoms. The van der Waals surface area contributed by atoms with Gasteiger partial charge in [0.05, 0.1) is 0 Å². The molecule has 0 aliphatic carbocycles. The molecule has 14 heavy (non-hydrogen) atoms. The van der Waals surface area contributed by atoms with Gasteiger partial charge < -0.3 is 0 Å². The number of rotatable bonds is 0. The number of hydrogen-bond acceptors (Lipinski definition) is 2. The summed E-state index contributed by atoms with van der Waals surface area (Å²) in [6.07, 6.45) is 0. The van der Waals surface area contributed by atoms with Crippen LogP contribution in [0.4, 0.5) is 0 Å². The highest BCUT2D eigenvalue weighted by Crippen LogP contribution is 2.00. The Balaban J connectivity index is 2.98. The van der Waals surface area contributed by atoms with Crippen molar-refractivity contribution in [3.63, 3.8) is 0 Å². The fourth-order valence-corrected chi connectivity index (χ4v) is 1.32. The minimum absolute atomic E-state index is 0.423. The van der Waals surface area contributed by atoms with Crippen LogP contribution in [0.2, 0.25) is 19.6 Å². The predicted molar refractivity (Wildman–Crippen MR) is 59.2 cm³/mol. The lowest BCUT2D eigenvalue weighted by Crippen LogP contribution is -2.16. The van der Waals surface area contributed by atoms with Crippen molar-refractivity contribution >= 4 is 8.07 Å². The molecule has 0 fully saturated rings. The van der Waals surface area contributed by atoms with Crippen LogP contribution < -0.4 is 0 Å². The van der Waals surface area contributed by atoms with Gasteiger partial charge in [0, 0.05) is 0 Å². The van der Waals surface area contributed by atoms with Gasteiger partial charge in [-0.15, -0.1) is 5.54 Å². The van der Waals surface area contributed by atoms with Crippen molar-refractivity contribution in [3.05, 3.63) is 29.6 Å². The van der Waals surface area contributed by atoms with E-state index >= 15 is 0 Å². The molecule has 0 atom stereocenters. The molecule has 1 aromatic heterocycles. The number of nitriles is 1. The third-order valence-corrected chi connectivity index (χ3v) is 2.30. The molecule has 0 aromatic carbocycles. The van der Waals surface area contributed by atoms with E-state index in [9.17, 15) is 0 Å². The monoisotopic (exact) mass is 200 g/mol. The highest BCUT2D eigenvalue weighted by atomic mass is 28.3. The summed E-state index contributed by atoms with van der Waals surface area (Å²) < 4.78 is 0. The van der Waals surface area contributed by atoms with Gasteiger partial charge in [0.2, 0.25) is 0 Å². The lowest BCUT2D eigenvalue weighted by molar-refractivity contribution is 1.23. The summed E-state index contributed by atoms with van der Waals surface area (Å²) in [5.74, 6) is 3.01. The van der Waals surface area contributed by atoms with E-state index < -0.39 is 8.07 Å². The lowest BCUT2D eigenvalue weighted by atomic mass is 10.3. The molecular weight excluding hydrogens is 188 g/mol. The quantitative estimate of drug-likeness (QED) is 0.475. The van der Waals surface area contributed by atoms with Gasteiger partial charge in [-0.3, -0.25) is 0 Å². The molecule has 0 amide bonds. The predicted octanol–water partition coefficient (Wildman–Crippen LogP) is 2.18. The SMILES string of the molecule is C[Si](C)(C)C#Cc1cccc(C#N)n1. The number of nitrogens with zero attached hydrogens (tertiary/aromatic N) is 2. The van der Waals surface area contributed by atoms with E-state index in [0.717, 1.165) is 0 Å². The second-order valence-corrected chi connectivity index (χ2v) is 8.77. The Kier molecular flexibility index (Phi) is 3.06. The summed E-state index contributed by atoms with van der Waals surface area (Å²) in [7, 11) is -1.35. The molecule has 0 radical (unpaired) electrons. The van der Waals surface area contributed by atoms with E-state index in [4.69, 9.17) is 5.26 Å². The van der Waals surface area contributed by atoms with Gasteiger partial charge in [-0.1, -0.05) is 31.6 Å². The van der Waals surface area contributed by atoms with Crippen LogP contribution in [-0.4, -0.2) is 13.1 Å². The van der Waals surface area contributed by atoms with E-state index in [1.165, 1.54) is 0 Å². The van der Waals surface area contributed by atoms with E-state index in [1.54, 1.807) is 12.1 Å². The zero-order valence-electron chi connectivity index (χ0n) is 8.63. The molecule has 0 N–H and O–H groups in total. The molecule has 1 heterocycles. The highest BCUT2D eigenvalue weighted by molar-refractivity contribution is 6.83. The summed E-state index contributed by atoms with van der Waals surface area (Å²) in [5.41, 5.74) is 4.32. The normalized spacial score (nSPS) is 9.86. The smallest absolute Gasteiger partial charge is 0.141 e. The van der Waals surface area contributed by atoms with Gasteiger partial charge in [-0.2, -0.15) is 5.26 Å². The molecule has 0 aliphatic heterocycles. The molecular formula is C11H12N2Si. The molecule has 2 nitrogen and oxygen atoms in total. The first-order valence-electron chi connectivity index (χ1n) is 4.41. The second kappa shape index (κ2) is 4.08. The van der Waals surface area contributed by atoms with Crippen LogP contribution in [-0.2, 0) is 0 Å². The Morgan fingerprint density at radius 1 is 1.21 bits per heavy atom. The molecule has 1 rings (SSSR count). The van der Waals surface area contributed by atoms with Gasteiger partial charge >= 0.3 is 0 Å². The largest absolute Gasteiger partial charge is 0.229 e. The lowest BCUT2D eigenvalue weighted by Gasteiger charge is -2.02. The van der Waals surface area contributed by atoms with Crippen LogP contribution in [0.1, 0.15) is 11.4 Å². The Morgan fingerprint density at radius 3 is 2.43 bits per heavy atom. The van der Waals surface area contributed by atoms with Crippen molar-refractivity contribution in [3.8, 4) is 17.5 Å². The highest BCUT2D eigenvalue weighted by Gasteiger charge is 2.07. The van der Waals surface area contributed by atoms with Crippen molar-refractivity contribution in [1.82, 2.24) is 4.98 Å². The van der Waals surface area contributed by atoms with Gasteiger partial charge in [0.15, 0.2) is 0 Å². The van der Waals surface area contributed by atoms with E-state index in [-0.39, 0.29) is 0 Å². The second-order valence-electron chi connectivity index (χ2n) is 4.02. The summed E-state index contributed by atoms with van der Waals surface area (Å²) in [6, 6.07) is 7.31. The maximum Gasteiger partial charge on any atom is 0.141 e. The fraction of sp³-hybridized carbons (Fsp3) is 0.273. The fourth-order valence-electron chi connectivity index (χ4n) is 0.818. The average Bonchev–Trinajstić information content (AvgIpc) is 2.14. The third-order valence-electron chi connectivity index (χ3n) is 1.43. The average molecular weight is 200 g/mol. The van der Waals surface area contributed by atoms with E-state index in [2.05, 4.69) is 36.1 Å². The zero-order chi connectivity index (χ0) is 10.6. The van der Waals surface area contributed by atoms with Gasteiger partial charge in [0.25, 0.3) is 0 Å². The summed E-state index contributed by atoms with van der Waals surface area (Å²) in [6.45, 7) is 6.52. The van der Waals surface area contributed by atoms with Gasteiger partial charge in [-0.25, -0.2) is 4.98 Å². The molecule has 0 aliphatic rings. The Bertz CT molecular complexity index is 427. The number of pyridine rings is 1. The molecule has 0 unspecified atom stereocenters. The summed E-state index contributed by atoms with van der Waals surface area (Å²) in [5, 5.41) is 8.64. The minimum atomic E-state index is -1.35. The van der Waals surface area contributed by atoms with Crippen molar-refractivity contribution in [2.75, 3.05) is 0 Å². The van der Waals surface area contributed by atoms with Crippen LogP contribution in [0.5, 0.6) is 0 Å². The van der Waals surface area contributed by atoms with Crippen LogP contribution in [0.25, 0.3) is 0 Å². The van der Waals surface area contributed by atoms with Gasteiger partial charge in [0.1, 0.15) is 25.5 Å². The molecule has 0 saturated carbocycles. The van der Waals surface area contributed by atoms with Crippen molar-refractivity contribution in [2.45, 2.75) is 19.6 Å². The molecule has 0 saturated heterocycles. The van der Waals surface area contributed by atoms with E-state index in [0.29, 0.717) is 11.4 Å². The van der Waals surface area contributed by atoms with Gasteiger partial charge in [-0.05, 0) is 12.1 Å². The summed E-state index contributed by atoms with van der Waals surface area (Å²) >= 11 is 0. The van der Waals surface area contributed by atoms with Crippen LogP contribution >= 0.6 is 0 Å². The third kappa shape index (κ3) is 3.43. The maximum absolute atomic E-state index is 8.64. The maximum atomic E-state index is 8.64. The molecule has 0 spiro atoms. The Hall–Kier alpha value is -1.58. The zero-order valence-corrected chi connectivity index (χ0v) is 9.63. The Morgan fingerprint density at radius 2 is 1.86 bits per heavy atom. The Labute approximate surface area is 85.6 Å². The minimum Gasteiger partial charge on any atom is -0.229 e. The molecule has 3 heteroatoms. The first kappa shape index (κ1) is 10.5. The molecule has 70 valence electrons. The number of hydrogen-bond donors (Lipinski definition) is 0. The van der Waals surface area contributed by atoms with Crippen LogP contribution in [0, 0.1) is 22.8 Å². The van der Waals surface area contributed by atoms with E-state index in [1.807, 2.05) is 12.1 Å². The first-order valence-corrected chi connectivity index (χ1v) is 7.91. The van der Waals surface area contributed by atoms with Crippen molar-refractivity contribution < 1.29 is 0 Å². The van der Waals surface area contributed by atoms with Crippen LogP contribution in [0.3, 0.4) is 0 Å². The standard InChI is InChI=1S/C11H12N2Si/c1-14(2,3)8-7-10-5-4-6-11(9-12)13-10/h4-6H,1-3H3. The van der Waals surface area contributed by atoms with Crippen molar-refractivity contribution in [1.29, 1.82) is 5.26 Å². The number of aromatic nitrogens is 1. The van der Waals surface area contributed by atoms with Crippen molar-refractivity contribution in [2.24, 2.45) is 0 Å². The van der Waals surface area contributed by atoms with Crippen LogP contribution in [0.15, 0.2) is 18.2 Å². The topological polar surface area (TPSA) is 36.7 Å².